The SMILES string of the molecule is COc1ccc2nc(N)n(C(C)C(C)C)c2c1. The van der Waals surface area contributed by atoms with E-state index >= 15 is 0 Å². The van der Waals surface area contributed by atoms with Crippen LogP contribution in [0, 0.1) is 5.92 Å². The van der Waals surface area contributed by atoms with Gasteiger partial charge in [0, 0.05) is 12.1 Å². The Labute approximate surface area is 101 Å². The Hall–Kier alpha value is -1.71. The molecule has 1 aromatic carbocycles. The molecular weight excluding hydrogens is 214 g/mol. The Morgan fingerprint density at radius 2 is 2.00 bits per heavy atom. The fourth-order valence-electron chi connectivity index (χ4n) is 1.94. The van der Waals surface area contributed by atoms with Crippen LogP contribution in [-0.4, -0.2) is 16.7 Å². The van der Waals surface area contributed by atoms with Gasteiger partial charge in [-0.05, 0) is 25.0 Å². The zero-order chi connectivity index (χ0) is 12.6. The van der Waals surface area contributed by atoms with E-state index in [4.69, 9.17) is 10.5 Å². The first kappa shape index (κ1) is 11.8. The first-order chi connectivity index (χ1) is 8.04. The molecule has 0 saturated heterocycles. The molecule has 0 aliphatic rings. The standard InChI is InChI=1S/C13H19N3O/c1-8(2)9(3)16-12-7-10(17-4)5-6-11(12)15-13(16)14/h5-9H,1-4H3,(H2,14,15). The summed E-state index contributed by atoms with van der Waals surface area (Å²) in [7, 11) is 1.66. The van der Waals surface area contributed by atoms with E-state index in [0.717, 1.165) is 16.8 Å². The van der Waals surface area contributed by atoms with Crippen LogP contribution in [0.25, 0.3) is 11.0 Å². The van der Waals surface area contributed by atoms with E-state index in [1.165, 1.54) is 0 Å². The summed E-state index contributed by atoms with van der Waals surface area (Å²) in [5.74, 6) is 1.89. The number of fused-ring (bicyclic) bond motifs is 1. The van der Waals surface area contributed by atoms with E-state index in [-0.39, 0.29) is 0 Å². The maximum absolute atomic E-state index is 5.99. The highest BCUT2D eigenvalue weighted by atomic mass is 16.5. The maximum atomic E-state index is 5.99. The molecular formula is C13H19N3O. The Kier molecular flexibility index (Phi) is 2.96. The van der Waals surface area contributed by atoms with Crippen molar-refractivity contribution < 1.29 is 4.74 Å². The van der Waals surface area contributed by atoms with Crippen LogP contribution < -0.4 is 10.5 Å². The van der Waals surface area contributed by atoms with Gasteiger partial charge in [-0.2, -0.15) is 0 Å². The zero-order valence-electron chi connectivity index (χ0n) is 10.8. The monoisotopic (exact) mass is 233 g/mol. The van der Waals surface area contributed by atoms with Crippen LogP contribution in [0.15, 0.2) is 18.2 Å². The molecule has 1 aromatic heterocycles. The van der Waals surface area contributed by atoms with Crippen molar-refractivity contribution in [3.05, 3.63) is 18.2 Å². The smallest absolute Gasteiger partial charge is 0.201 e. The molecule has 2 aromatic rings. The molecule has 4 nitrogen and oxygen atoms in total. The molecule has 1 atom stereocenters. The number of nitrogens with zero attached hydrogens (tertiary/aromatic N) is 2. The van der Waals surface area contributed by atoms with Gasteiger partial charge in [-0.1, -0.05) is 13.8 Å². The van der Waals surface area contributed by atoms with Crippen molar-refractivity contribution in [2.75, 3.05) is 12.8 Å². The van der Waals surface area contributed by atoms with Crippen LogP contribution in [0.2, 0.25) is 0 Å². The number of benzene rings is 1. The van der Waals surface area contributed by atoms with Gasteiger partial charge >= 0.3 is 0 Å². The quantitative estimate of drug-likeness (QED) is 0.886. The Morgan fingerprint density at radius 3 is 2.59 bits per heavy atom. The highest BCUT2D eigenvalue weighted by Gasteiger charge is 2.16. The number of hydrogen-bond donors (Lipinski definition) is 1. The van der Waals surface area contributed by atoms with Gasteiger partial charge in [0.2, 0.25) is 5.95 Å². The molecule has 1 heterocycles. The van der Waals surface area contributed by atoms with Gasteiger partial charge in [0.25, 0.3) is 0 Å². The fraction of sp³-hybridized carbons (Fsp3) is 0.462. The van der Waals surface area contributed by atoms with Crippen molar-refractivity contribution in [1.29, 1.82) is 0 Å². The molecule has 0 amide bonds. The number of methoxy groups -OCH3 is 1. The lowest BCUT2D eigenvalue weighted by Crippen LogP contribution is -2.13. The third-order valence-electron chi connectivity index (χ3n) is 3.30. The summed E-state index contributed by atoms with van der Waals surface area (Å²) in [6.07, 6.45) is 0. The molecule has 2 N–H and O–H groups in total. The van der Waals surface area contributed by atoms with Gasteiger partial charge < -0.3 is 15.0 Å². The molecule has 1 unspecified atom stereocenters. The molecule has 17 heavy (non-hydrogen) atoms. The zero-order valence-corrected chi connectivity index (χ0v) is 10.8. The van der Waals surface area contributed by atoms with Crippen molar-refractivity contribution in [3.63, 3.8) is 0 Å². The lowest BCUT2D eigenvalue weighted by Gasteiger charge is -2.19. The van der Waals surface area contributed by atoms with Crippen molar-refractivity contribution in [1.82, 2.24) is 9.55 Å². The van der Waals surface area contributed by atoms with E-state index in [2.05, 4.69) is 30.3 Å². The van der Waals surface area contributed by atoms with Gasteiger partial charge in [-0.3, -0.25) is 0 Å². The summed E-state index contributed by atoms with van der Waals surface area (Å²) < 4.78 is 7.32. The molecule has 0 fully saturated rings. The second kappa shape index (κ2) is 4.28. The lowest BCUT2D eigenvalue weighted by atomic mass is 10.1. The first-order valence-corrected chi connectivity index (χ1v) is 5.86. The Bertz CT molecular complexity index is 531. The summed E-state index contributed by atoms with van der Waals surface area (Å²) in [6, 6.07) is 6.14. The molecule has 0 spiro atoms. The number of nitrogens with two attached hydrogens (primary N) is 1. The molecule has 92 valence electrons. The minimum absolute atomic E-state index is 0.312. The molecule has 2 rings (SSSR count). The Balaban J connectivity index is 2.64. The second-order valence-corrected chi connectivity index (χ2v) is 4.68. The van der Waals surface area contributed by atoms with Crippen LogP contribution in [0.3, 0.4) is 0 Å². The largest absolute Gasteiger partial charge is 0.497 e. The predicted octanol–water partition coefficient (Wildman–Crippen LogP) is 2.84. The van der Waals surface area contributed by atoms with Gasteiger partial charge in [0.1, 0.15) is 5.75 Å². The summed E-state index contributed by atoms with van der Waals surface area (Å²) in [6.45, 7) is 6.51. The maximum Gasteiger partial charge on any atom is 0.201 e. The van der Waals surface area contributed by atoms with Gasteiger partial charge in [0.15, 0.2) is 0 Å². The van der Waals surface area contributed by atoms with E-state index in [9.17, 15) is 0 Å². The van der Waals surface area contributed by atoms with Crippen LogP contribution in [0.4, 0.5) is 5.95 Å². The third-order valence-corrected chi connectivity index (χ3v) is 3.30. The molecule has 0 aliphatic carbocycles. The van der Waals surface area contributed by atoms with E-state index in [1.807, 2.05) is 18.2 Å². The summed E-state index contributed by atoms with van der Waals surface area (Å²) in [5, 5.41) is 0. The van der Waals surface area contributed by atoms with Gasteiger partial charge in [-0.25, -0.2) is 4.98 Å². The number of anilines is 1. The minimum Gasteiger partial charge on any atom is -0.497 e. The minimum atomic E-state index is 0.312. The van der Waals surface area contributed by atoms with E-state index in [1.54, 1.807) is 7.11 Å². The predicted molar refractivity (Wildman–Crippen MR) is 70.2 cm³/mol. The van der Waals surface area contributed by atoms with Gasteiger partial charge in [0.05, 0.1) is 18.1 Å². The van der Waals surface area contributed by atoms with Gasteiger partial charge in [-0.15, -0.1) is 0 Å². The number of rotatable bonds is 3. The molecule has 0 aliphatic heterocycles. The van der Waals surface area contributed by atoms with Crippen LogP contribution in [0.1, 0.15) is 26.8 Å². The van der Waals surface area contributed by atoms with E-state index in [0.29, 0.717) is 17.9 Å². The number of nitrogen functional groups attached to an aromatic ring is 1. The third kappa shape index (κ3) is 1.95. The number of imidazole rings is 1. The lowest BCUT2D eigenvalue weighted by molar-refractivity contribution is 0.411. The number of aromatic nitrogens is 2. The highest BCUT2D eigenvalue weighted by molar-refractivity contribution is 5.80. The average Bonchev–Trinajstić information content (AvgIpc) is 2.62. The fourth-order valence-corrected chi connectivity index (χ4v) is 1.94. The summed E-state index contributed by atoms with van der Waals surface area (Å²) in [5.41, 5.74) is 7.94. The van der Waals surface area contributed by atoms with Crippen molar-refractivity contribution in [2.45, 2.75) is 26.8 Å². The molecule has 0 radical (unpaired) electrons. The summed E-state index contributed by atoms with van der Waals surface area (Å²) in [4.78, 5) is 4.38. The number of ether oxygens (including phenoxy) is 1. The van der Waals surface area contributed by atoms with Crippen LogP contribution >= 0.6 is 0 Å². The van der Waals surface area contributed by atoms with Crippen molar-refractivity contribution in [3.8, 4) is 5.75 Å². The average molecular weight is 233 g/mol. The Morgan fingerprint density at radius 1 is 1.29 bits per heavy atom. The van der Waals surface area contributed by atoms with E-state index < -0.39 is 0 Å². The van der Waals surface area contributed by atoms with Crippen molar-refractivity contribution in [2.24, 2.45) is 5.92 Å². The molecule has 0 bridgehead atoms. The second-order valence-electron chi connectivity index (χ2n) is 4.68. The first-order valence-electron chi connectivity index (χ1n) is 5.86. The van der Waals surface area contributed by atoms with Crippen LogP contribution in [-0.2, 0) is 0 Å². The number of hydrogen-bond acceptors (Lipinski definition) is 3. The molecule has 0 saturated carbocycles. The summed E-state index contributed by atoms with van der Waals surface area (Å²) >= 11 is 0. The normalized spacial score (nSPS) is 13.2. The highest BCUT2D eigenvalue weighted by Crippen LogP contribution is 2.29. The topological polar surface area (TPSA) is 53.1 Å². The van der Waals surface area contributed by atoms with Crippen LogP contribution in [0.5, 0.6) is 5.75 Å². The molecule has 4 heteroatoms. The van der Waals surface area contributed by atoms with Crippen molar-refractivity contribution >= 4 is 17.0 Å².